The largest absolute Gasteiger partial charge is 0.371 e. The molecule has 4 heterocycles. The first-order chi connectivity index (χ1) is 16.5. The Labute approximate surface area is 199 Å². The predicted molar refractivity (Wildman–Crippen MR) is 133 cm³/mol. The van der Waals surface area contributed by atoms with Gasteiger partial charge in [-0.05, 0) is 36.1 Å². The van der Waals surface area contributed by atoms with Gasteiger partial charge >= 0.3 is 0 Å². The Balaban J connectivity index is 1.37. The van der Waals surface area contributed by atoms with Crippen LogP contribution in [0.25, 0.3) is 11.3 Å². The molecule has 0 saturated carbocycles. The van der Waals surface area contributed by atoms with E-state index >= 15 is 0 Å². The van der Waals surface area contributed by atoms with E-state index in [1.165, 1.54) is 40.9 Å². The van der Waals surface area contributed by atoms with E-state index in [0.29, 0.717) is 24.7 Å². The lowest BCUT2D eigenvalue weighted by Crippen LogP contribution is -2.47. The van der Waals surface area contributed by atoms with Crippen LogP contribution in [0, 0.1) is 11.7 Å². The zero-order chi connectivity index (χ0) is 23.7. The summed E-state index contributed by atoms with van der Waals surface area (Å²) in [5.74, 6) is 0.851. The van der Waals surface area contributed by atoms with Crippen LogP contribution in [0.15, 0.2) is 53.6 Å². The predicted octanol–water partition coefficient (Wildman–Crippen LogP) is 3.37. The maximum Gasteiger partial charge on any atom is 0.255 e. The molecule has 5 rings (SSSR count). The lowest BCUT2D eigenvalue weighted by molar-refractivity contribution is 0.462. The van der Waals surface area contributed by atoms with Crippen LogP contribution < -0.4 is 20.7 Å². The lowest BCUT2D eigenvalue weighted by Gasteiger charge is -2.35. The number of hydrogen-bond donors (Lipinski definition) is 1. The monoisotopic (exact) mass is 462 g/mol. The van der Waals surface area contributed by atoms with Gasteiger partial charge < -0.3 is 15.1 Å². The Kier molecular flexibility index (Phi) is 6.32. The molecule has 8 heteroatoms. The lowest BCUT2D eigenvalue weighted by atomic mass is 10.0. The molecule has 2 aliphatic rings. The number of halogens is 1. The van der Waals surface area contributed by atoms with Gasteiger partial charge in [0.1, 0.15) is 0 Å². The van der Waals surface area contributed by atoms with E-state index < -0.39 is 5.82 Å². The van der Waals surface area contributed by atoms with Crippen LogP contribution in [0.4, 0.5) is 16.0 Å². The van der Waals surface area contributed by atoms with Gasteiger partial charge in [0.05, 0.1) is 11.9 Å². The van der Waals surface area contributed by atoms with Gasteiger partial charge in [-0.2, -0.15) is 0 Å². The highest BCUT2D eigenvalue weighted by Gasteiger charge is 2.25. The zero-order valence-corrected chi connectivity index (χ0v) is 19.7. The maximum absolute atomic E-state index is 14.3. The minimum absolute atomic E-state index is 0.114. The number of piperazine rings is 1. The molecule has 1 aromatic carbocycles. The molecule has 0 unspecified atom stereocenters. The van der Waals surface area contributed by atoms with Crippen molar-refractivity contribution < 1.29 is 4.39 Å². The molecule has 0 bridgehead atoms. The number of nitrogens with zero attached hydrogens (tertiary/aromatic N) is 5. The molecule has 0 aliphatic carbocycles. The van der Waals surface area contributed by atoms with Crippen molar-refractivity contribution in [3.8, 4) is 11.3 Å². The molecule has 178 valence electrons. The van der Waals surface area contributed by atoms with Crippen LogP contribution in [0.1, 0.15) is 31.4 Å². The summed E-state index contributed by atoms with van der Waals surface area (Å²) in [6.45, 7) is 6.68. The van der Waals surface area contributed by atoms with Crippen molar-refractivity contribution in [1.29, 1.82) is 0 Å². The van der Waals surface area contributed by atoms with E-state index in [0.717, 1.165) is 31.7 Å². The van der Waals surface area contributed by atoms with Gasteiger partial charge in [-0.3, -0.25) is 14.3 Å². The average Bonchev–Trinajstić information content (AvgIpc) is 3.36. The van der Waals surface area contributed by atoms with Crippen molar-refractivity contribution in [3.05, 3.63) is 70.5 Å². The van der Waals surface area contributed by atoms with Crippen molar-refractivity contribution in [1.82, 2.24) is 19.9 Å². The van der Waals surface area contributed by atoms with Gasteiger partial charge in [-0.15, -0.1) is 0 Å². The number of anilines is 2. The number of rotatable bonds is 5. The normalized spacial score (nSPS) is 20.7. The standard InChI is InChI=1S/C26H31FN6O/c1-3-18-9-12-32(16-18)20-6-4-19(5-7-20)24-17-33(13-11-29-24)26-30-23(14-25(34)31(26)2)21-8-10-28-15-22(21)27/h4-8,10,14-15,18,24,29H,3,9,11-13,16-17H2,1-2H3/t18-,24+/m0/s1. The minimum Gasteiger partial charge on any atom is -0.371 e. The third-order valence-corrected chi connectivity index (χ3v) is 7.14. The molecule has 7 nitrogen and oxygen atoms in total. The van der Waals surface area contributed by atoms with Crippen LogP contribution >= 0.6 is 0 Å². The Bertz CT molecular complexity index is 1210. The van der Waals surface area contributed by atoms with Crippen molar-refractivity contribution in [2.24, 2.45) is 13.0 Å². The van der Waals surface area contributed by atoms with E-state index in [-0.39, 0.29) is 17.2 Å². The van der Waals surface area contributed by atoms with Crippen LogP contribution in [0.2, 0.25) is 0 Å². The van der Waals surface area contributed by atoms with E-state index in [2.05, 4.69) is 56.3 Å². The van der Waals surface area contributed by atoms with Crippen molar-refractivity contribution in [3.63, 3.8) is 0 Å². The molecule has 34 heavy (non-hydrogen) atoms. The third-order valence-electron chi connectivity index (χ3n) is 7.14. The van der Waals surface area contributed by atoms with Crippen LogP contribution in [0.3, 0.4) is 0 Å². The first-order valence-electron chi connectivity index (χ1n) is 12.0. The summed E-state index contributed by atoms with van der Waals surface area (Å²) in [4.78, 5) is 25.7. The SMILES string of the molecule is CC[C@H]1CCN(c2ccc([C@H]3CN(c4nc(-c5ccncc5F)cc(=O)n4C)CCN3)cc2)C1. The Hall–Kier alpha value is -3.26. The summed E-state index contributed by atoms with van der Waals surface area (Å²) < 4.78 is 15.8. The number of nitrogens with one attached hydrogen (secondary N) is 1. The average molecular weight is 463 g/mol. The fourth-order valence-electron chi connectivity index (χ4n) is 5.00. The summed E-state index contributed by atoms with van der Waals surface area (Å²) in [6, 6.07) is 11.9. The fraction of sp³-hybridized carbons (Fsp3) is 0.423. The second-order valence-corrected chi connectivity index (χ2v) is 9.25. The highest BCUT2D eigenvalue weighted by Crippen LogP contribution is 2.28. The van der Waals surface area contributed by atoms with Crippen molar-refractivity contribution >= 4 is 11.6 Å². The first kappa shape index (κ1) is 22.5. The van der Waals surface area contributed by atoms with Gasteiger partial charge in [0.25, 0.3) is 5.56 Å². The summed E-state index contributed by atoms with van der Waals surface area (Å²) in [7, 11) is 1.71. The van der Waals surface area contributed by atoms with Gasteiger partial charge in [0, 0.05) is 69.3 Å². The van der Waals surface area contributed by atoms with Gasteiger partial charge in [-0.1, -0.05) is 25.5 Å². The highest BCUT2D eigenvalue weighted by atomic mass is 19.1. The Morgan fingerprint density at radius 3 is 2.68 bits per heavy atom. The molecule has 2 aliphatic heterocycles. The molecule has 2 saturated heterocycles. The number of pyridine rings is 1. The summed E-state index contributed by atoms with van der Waals surface area (Å²) in [5, 5.41) is 3.59. The molecular weight excluding hydrogens is 431 g/mol. The van der Waals surface area contributed by atoms with E-state index in [9.17, 15) is 9.18 Å². The zero-order valence-electron chi connectivity index (χ0n) is 19.7. The molecule has 2 atom stereocenters. The Morgan fingerprint density at radius 1 is 1.12 bits per heavy atom. The molecular formula is C26H31FN6O. The molecule has 0 spiro atoms. The Morgan fingerprint density at radius 2 is 1.94 bits per heavy atom. The van der Waals surface area contributed by atoms with E-state index in [4.69, 9.17) is 0 Å². The topological polar surface area (TPSA) is 66.3 Å². The van der Waals surface area contributed by atoms with E-state index in [1.54, 1.807) is 13.1 Å². The van der Waals surface area contributed by atoms with E-state index in [1.807, 2.05) is 0 Å². The van der Waals surface area contributed by atoms with Gasteiger partial charge in [0.2, 0.25) is 5.95 Å². The summed E-state index contributed by atoms with van der Waals surface area (Å²) >= 11 is 0. The molecule has 0 radical (unpaired) electrons. The van der Waals surface area contributed by atoms with Crippen LogP contribution in [-0.2, 0) is 7.05 Å². The fourth-order valence-corrected chi connectivity index (χ4v) is 5.00. The molecule has 2 aromatic heterocycles. The summed E-state index contributed by atoms with van der Waals surface area (Å²) in [6.07, 6.45) is 5.16. The number of benzene rings is 1. The van der Waals surface area contributed by atoms with Gasteiger partial charge in [0.15, 0.2) is 5.82 Å². The quantitative estimate of drug-likeness (QED) is 0.627. The molecule has 0 amide bonds. The second-order valence-electron chi connectivity index (χ2n) is 9.25. The summed E-state index contributed by atoms with van der Waals surface area (Å²) in [5.41, 5.74) is 2.88. The van der Waals surface area contributed by atoms with Gasteiger partial charge in [-0.25, -0.2) is 9.37 Å². The number of aromatic nitrogens is 3. The van der Waals surface area contributed by atoms with Crippen molar-refractivity contribution in [2.75, 3.05) is 42.5 Å². The highest BCUT2D eigenvalue weighted by molar-refractivity contribution is 5.60. The van der Waals surface area contributed by atoms with Crippen LogP contribution in [-0.4, -0.2) is 47.3 Å². The maximum atomic E-state index is 14.3. The number of hydrogen-bond acceptors (Lipinski definition) is 6. The first-order valence-corrected chi connectivity index (χ1v) is 12.0. The van der Waals surface area contributed by atoms with Crippen molar-refractivity contribution in [2.45, 2.75) is 25.8 Å². The second kappa shape index (κ2) is 9.54. The molecule has 3 aromatic rings. The third kappa shape index (κ3) is 4.42. The van der Waals surface area contributed by atoms with Crippen LogP contribution in [0.5, 0.6) is 0 Å². The molecule has 2 fully saturated rings. The smallest absolute Gasteiger partial charge is 0.255 e. The minimum atomic E-state index is -0.490. The molecule has 1 N–H and O–H groups in total.